The van der Waals surface area contributed by atoms with E-state index in [1.54, 1.807) is 26.0 Å². The van der Waals surface area contributed by atoms with Crippen LogP contribution in [0.2, 0.25) is 0 Å². The zero-order chi connectivity index (χ0) is 39.1. The summed E-state index contributed by atoms with van der Waals surface area (Å²) in [6.07, 6.45) is 8.87. The minimum atomic E-state index is -4.10. The van der Waals surface area contributed by atoms with Gasteiger partial charge < -0.3 is 20.3 Å². The number of allylic oxidation sites excluding steroid dienone is 1. The maximum Gasteiger partial charge on any atom is 0.273 e. The van der Waals surface area contributed by atoms with Crippen molar-refractivity contribution in [3.63, 3.8) is 0 Å². The summed E-state index contributed by atoms with van der Waals surface area (Å²) in [7, 11) is -4.10. The Morgan fingerprint density at radius 2 is 1.89 bits per heavy atom. The van der Waals surface area contributed by atoms with E-state index in [1.165, 1.54) is 36.4 Å². The van der Waals surface area contributed by atoms with Crippen LogP contribution in [-0.4, -0.2) is 91.9 Å². The van der Waals surface area contributed by atoms with E-state index >= 15 is 0 Å². The topological polar surface area (TPSA) is 203 Å². The molecule has 2 aliphatic carbocycles. The van der Waals surface area contributed by atoms with E-state index in [4.69, 9.17) is 4.74 Å². The quantitative estimate of drug-likeness (QED) is 0.235. The number of aryl methyl sites for hydroxylation is 2. The van der Waals surface area contributed by atoms with Crippen molar-refractivity contribution in [2.24, 2.45) is 5.92 Å². The number of halogens is 1. The van der Waals surface area contributed by atoms with Crippen molar-refractivity contribution in [2.45, 2.75) is 101 Å². The van der Waals surface area contributed by atoms with Gasteiger partial charge in [-0.2, -0.15) is 0 Å². The van der Waals surface area contributed by atoms with Crippen molar-refractivity contribution in [2.75, 3.05) is 6.54 Å². The lowest BCUT2D eigenvalue weighted by Gasteiger charge is -2.38. The molecule has 288 valence electrons. The van der Waals surface area contributed by atoms with E-state index in [1.807, 2.05) is 6.08 Å². The van der Waals surface area contributed by atoms with E-state index in [0.29, 0.717) is 55.4 Å². The molecule has 5 atom stereocenters. The number of para-hydroxylation sites is 1. The number of carbonyl (C=O) groups is 4. The van der Waals surface area contributed by atoms with Gasteiger partial charge in [-0.05, 0) is 65.0 Å². The normalized spacial score (nSPS) is 26.1. The summed E-state index contributed by atoms with van der Waals surface area (Å²) in [5, 5.41) is 5.51. The van der Waals surface area contributed by atoms with E-state index in [9.17, 15) is 32.0 Å². The molecule has 1 saturated heterocycles. The second-order valence-electron chi connectivity index (χ2n) is 14.8. The molecule has 2 aromatic heterocycles. The Morgan fingerprint density at radius 3 is 2.60 bits per heavy atom. The highest BCUT2D eigenvalue weighted by Crippen LogP contribution is 2.42. The first-order valence-electron chi connectivity index (χ1n) is 18.3. The van der Waals surface area contributed by atoms with Crippen molar-refractivity contribution in [3.05, 3.63) is 65.6 Å². The molecule has 5 unspecified atom stereocenters. The van der Waals surface area contributed by atoms with Crippen LogP contribution in [-0.2, 0) is 24.4 Å². The van der Waals surface area contributed by atoms with Gasteiger partial charge in [0.25, 0.3) is 11.8 Å². The van der Waals surface area contributed by atoms with Gasteiger partial charge in [-0.1, -0.05) is 42.9 Å². The Hall–Kier alpha value is -5.50. The van der Waals surface area contributed by atoms with Gasteiger partial charge in [-0.25, -0.2) is 32.5 Å². The fraction of sp³-hybridized carbons (Fsp3) is 0.474. The third kappa shape index (κ3) is 7.47. The zero-order valence-electron chi connectivity index (χ0n) is 30.6. The Labute approximate surface area is 317 Å². The first-order valence-corrected chi connectivity index (χ1v) is 19.8. The monoisotopic (exact) mass is 772 g/mol. The molecule has 4 amide bonds. The van der Waals surface area contributed by atoms with Crippen molar-refractivity contribution < 1.29 is 36.7 Å². The molecule has 55 heavy (non-hydrogen) atoms. The third-order valence-corrected chi connectivity index (χ3v) is 12.8. The van der Waals surface area contributed by atoms with Gasteiger partial charge >= 0.3 is 0 Å². The van der Waals surface area contributed by atoms with E-state index in [0.717, 1.165) is 0 Å². The lowest BCUT2D eigenvalue weighted by molar-refractivity contribution is -0.141. The smallest absolute Gasteiger partial charge is 0.273 e. The number of benzene rings is 1. The number of hydrogen-bond donors (Lipinski definition) is 3. The molecule has 0 radical (unpaired) electrons. The Morgan fingerprint density at radius 1 is 1.09 bits per heavy atom. The van der Waals surface area contributed by atoms with Gasteiger partial charge in [0.15, 0.2) is 11.4 Å². The van der Waals surface area contributed by atoms with Crippen LogP contribution >= 0.6 is 0 Å². The van der Waals surface area contributed by atoms with Crippen molar-refractivity contribution >= 4 is 44.7 Å². The van der Waals surface area contributed by atoms with Gasteiger partial charge in [-0.3, -0.25) is 24.2 Å². The predicted molar refractivity (Wildman–Crippen MR) is 196 cm³/mol. The highest BCUT2D eigenvalue weighted by atomic mass is 32.2. The minimum Gasteiger partial charge on any atom is -0.471 e. The summed E-state index contributed by atoms with van der Waals surface area (Å²) in [5.74, 6) is 1.18. The van der Waals surface area contributed by atoms with Crippen LogP contribution in [0, 0.1) is 37.4 Å². The summed E-state index contributed by atoms with van der Waals surface area (Å²) >= 11 is 0. The number of nitrogens with zero attached hydrogens (tertiary/aromatic N) is 5. The van der Waals surface area contributed by atoms with Crippen LogP contribution in [0.15, 0.2) is 42.7 Å². The number of hydrogen-bond acceptors (Lipinski definition) is 11. The molecular weight excluding hydrogens is 732 g/mol. The van der Waals surface area contributed by atoms with Crippen LogP contribution in [0.5, 0.6) is 5.88 Å². The molecule has 0 spiro atoms. The number of nitrogens with one attached hydrogen (secondary N) is 3. The summed E-state index contributed by atoms with van der Waals surface area (Å²) in [4.78, 5) is 74.6. The van der Waals surface area contributed by atoms with Crippen molar-refractivity contribution in [1.29, 1.82) is 0 Å². The van der Waals surface area contributed by atoms with Crippen LogP contribution < -0.4 is 20.1 Å². The lowest BCUT2D eigenvalue weighted by atomic mass is 9.75. The molecule has 3 N–H and O–H groups in total. The highest BCUT2D eigenvalue weighted by Gasteiger charge is 2.56. The fourth-order valence-electron chi connectivity index (χ4n) is 6.88. The number of fused-ring (bicyclic) bond motifs is 3. The molecule has 0 bridgehead atoms. The van der Waals surface area contributed by atoms with Gasteiger partial charge in [0.2, 0.25) is 27.7 Å². The first kappa shape index (κ1) is 37.8. The van der Waals surface area contributed by atoms with Crippen molar-refractivity contribution in [3.8, 4) is 17.7 Å². The molecular formula is C38H41FN8O7S. The standard InChI is InChI=1S/C38H41FN8O7S/c1-22-19-41-29(20-40-22)32(48)43-28-12-8-6-4-5-7-10-24-14-15-38(24,36(51)46-55(52,53)37(3)16-17-37)45-33(49)30-18-25(21-47(30)35(28)50)54-34-23(2)42-27-13-9-11-26(39)31(27)44-34/h7,9-11,13,19-20,24-25,28,30H,4-6,8,12,16-18,21H2,1-3H3,(H,43,48)(H,45,49)(H,46,51). The number of rotatable bonds is 7. The largest absolute Gasteiger partial charge is 0.471 e. The Bertz CT molecular complexity index is 2270. The third-order valence-electron chi connectivity index (χ3n) is 10.6. The van der Waals surface area contributed by atoms with E-state index in [2.05, 4.69) is 47.1 Å². The SMILES string of the molecule is Cc1cnc(C(=O)NC2CCCCCC=CC3C#CC3(C(=O)NS(=O)(=O)C3(C)CC3)NC(=O)C3CC(Oc4nc5c(F)cccc5nc4C)CN3C2=O)cn1. The number of amides is 4. The van der Waals surface area contributed by atoms with Crippen LogP contribution in [0.4, 0.5) is 4.39 Å². The second-order valence-corrected chi connectivity index (χ2v) is 17.0. The predicted octanol–water partition coefficient (Wildman–Crippen LogP) is 2.33. The van der Waals surface area contributed by atoms with Crippen molar-refractivity contribution in [1.82, 2.24) is 40.2 Å². The molecule has 17 heteroatoms. The maximum absolute atomic E-state index is 14.7. The van der Waals surface area contributed by atoms with Gasteiger partial charge in [-0.15, -0.1) is 0 Å². The Kier molecular flexibility index (Phi) is 10.1. The molecule has 7 rings (SSSR count). The van der Waals surface area contributed by atoms with Crippen LogP contribution in [0.25, 0.3) is 11.0 Å². The lowest BCUT2D eigenvalue weighted by Crippen LogP contribution is -2.68. The fourth-order valence-corrected chi connectivity index (χ4v) is 8.17. The Balaban J connectivity index is 1.22. The molecule has 2 fully saturated rings. The molecule has 3 aromatic rings. The molecule has 4 aliphatic rings. The number of ether oxygens (including phenoxy) is 1. The van der Waals surface area contributed by atoms with Crippen LogP contribution in [0.1, 0.15) is 80.2 Å². The van der Waals surface area contributed by atoms with Gasteiger partial charge in [0.05, 0.1) is 34.6 Å². The molecule has 15 nitrogen and oxygen atoms in total. The number of aromatic nitrogens is 4. The minimum absolute atomic E-state index is 0.00526. The van der Waals surface area contributed by atoms with Gasteiger partial charge in [0, 0.05) is 12.6 Å². The first-order chi connectivity index (χ1) is 26.2. The summed E-state index contributed by atoms with van der Waals surface area (Å²) < 4.78 is 48.4. The summed E-state index contributed by atoms with van der Waals surface area (Å²) in [6.45, 7) is 4.76. The molecule has 1 aromatic carbocycles. The second kappa shape index (κ2) is 14.6. The van der Waals surface area contributed by atoms with E-state index < -0.39 is 73.9 Å². The average Bonchev–Trinajstić information content (AvgIpc) is 3.77. The zero-order valence-corrected chi connectivity index (χ0v) is 31.4. The average molecular weight is 773 g/mol. The van der Waals surface area contributed by atoms with Gasteiger partial charge in [0.1, 0.15) is 35.1 Å². The van der Waals surface area contributed by atoms with Crippen LogP contribution in [0.3, 0.4) is 0 Å². The molecule has 1 saturated carbocycles. The molecule has 4 heterocycles. The maximum atomic E-state index is 14.7. The number of carbonyl (C=O) groups excluding carboxylic acids is 4. The molecule has 2 aliphatic heterocycles. The highest BCUT2D eigenvalue weighted by molar-refractivity contribution is 7.91. The number of sulfonamides is 1. The summed E-state index contributed by atoms with van der Waals surface area (Å²) in [5.41, 5.74) is -0.685. The summed E-state index contributed by atoms with van der Waals surface area (Å²) in [6, 6.07) is 2.03. The van der Waals surface area contributed by atoms with E-state index in [-0.39, 0.29) is 36.5 Å².